The summed E-state index contributed by atoms with van der Waals surface area (Å²) in [5.74, 6) is 1.06. The van der Waals surface area contributed by atoms with E-state index in [1.165, 1.54) is 24.3 Å². The molecule has 0 amide bonds. The second-order valence-corrected chi connectivity index (χ2v) is 7.34. The standard InChI is InChI=1S/C22H18Cl2FNO4/c1-29-21-7-3-6-18(11-15(21)10-14-4-2-5-16(25)9-8-14)30-22-19(23)12-17(26(27)28)13-20(22)24/h3-5,7-9,11-13H,2,6,10H2,1H3. The molecule has 0 saturated heterocycles. The molecule has 0 aromatic heterocycles. The molecule has 0 N–H and O–H groups in total. The lowest BCUT2D eigenvalue weighted by molar-refractivity contribution is -0.384. The predicted molar refractivity (Wildman–Crippen MR) is 115 cm³/mol. The van der Waals surface area contributed by atoms with Gasteiger partial charge in [-0.25, -0.2) is 4.39 Å². The van der Waals surface area contributed by atoms with Gasteiger partial charge >= 0.3 is 0 Å². The van der Waals surface area contributed by atoms with E-state index < -0.39 is 4.92 Å². The molecule has 0 fully saturated rings. The predicted octanol–water partition coefficient (Wildman–Crippen LogP) is 7.15. The van der Waals surface area contributed by atoms with Crippen molar-refractivity contribution in [1.29, 1.82) is 0 Å². The molecule has 0 heterocycles. The Morgan fingerprint density at radius 2 is 1.90 bits per heavy atom. The Bertz CT molecular complexity index is 1030. The van der Waals surface area contributed by atoms with Crippen molar-refractivity contribution in [3.8, 4) is 5.75 Å². The summed E-state index contributed by atoms with van der Waals surface area (Å²) in [5.41, 5.74) is 1.54. The maximum absolute atomic E-state index is 13.5. The van der Waals surface area contributed by atoms with Crippen LogP contribution in [0.1, 0.15) is 19.3 Å². The Labute approximate surface area is 183 Å². The molecular formula is C22H18Cl2FNO4. The third kappa shape index (κ3) is 5.40. The molecule has 5 nitrogen and oxygen atoms in total. The quantitative estimate of drug-likeness (QED) is 0.341. The number of methoxy groups -OCH3 is 1. The molecular weight excluding hydrogens is 432 g/mol. The summed E-state index contributed by atoms with van der Waals surface area (Å²) in [4.78, 5) is 10.4. The molecule has 0 unspecified atom stereocenters. The van der Waals surface area contributed by atoms with Crippen molar-refractivity contribution in [2.24, 2.45) is 0 Å². The first-order valence-electron chi connectivity index (χ1n) is 9.05. The summed E-state index contributed by atoms with van der Waals surface area (Å²) < 4.78 is 24.9. The number of nitro groups is 1. The zero-order valence-corrected chi connectivity index (χ0v) is 17.5. The normalized spacial score (nSPS) is 16.3. The first kappa shape index (κ1) is 21.9. The largest absolute Gasteiger partial charge is 0.496 e. The Kier molecular flexibility index (Phi) is 7.13. The van der Waals surface area contributed by atoms with Gasteiger partial charge in [0.1, 0.15) is 17.3 Å². The highest BCUT2D eigenvalue weighted by atomic mass is 35.5. The molecule has 1 aromatic carbocycles. The molecule has 0 atom stereocenters. The average Bonchev–Trinajstić information content (AvgIpc) is 3.02. The fourth-order valence-corrected chi connectivity index (χ4v) is 3.55. The first-order valence-corrected chi connectivity index (χ1v) is 9.81. The van der Waals surface area contributed by atoms with E-state index in [-0.39, 0.29) is 27.3 Å². The van der Waals surface area contributed by atoms with Crippen LogP contribution in [0.3, 0.4) is 0 Å². The van der Waals surface area contributed by atoms with Crippen LogP contribution in [0.15, 0.2) is 83.2 Å². The van der Waals surface area contributed by atoms with Crippen LogP contribution < -0.4 is 4.74 Å². The van der Waals surface area contributed by atoms with Crippen LogP contribution in [0.5, 0.6) is 5.75 Å². The summed E-state index contributed by atoms with van der Waals surface area (Å²) in [6, 6.07) is 2.38. The summed E-state index contributed by atoms with van der Waals surface area (Å²) in [5, 5.41) is 11.0. The first-order chi connectivity index (χ1) is 14.4. The Morgan fingerprint density at radius 1 is 1.17 bits per heavy atom. The molecule has 1 aromatic rings. The van der Waals surface area contributed by atoms with E-state index in [2.05, 4.69) is 0 Å². The molecule has 2 aliphatic rings. The SMILES string of the molecule is COC1=C(CC2=CCC=C(F)C=C2)C=C(Oc2c(Cl)cc([N+](=O)[O-])cc2Cl)CC=C1. The van der Waals surface area contributed by atoms with Crippen molar-refractivity contribution >= 4 is 28.9 Å². The van der Waals surface area contributed by atoms with Crippen molar-refractivity contribution in [1.82, 2.24) is 0 Å². The minimum absolute atomic E-state index is 0.0387. The number of ether oxygens (including phenoxy) is 2. The van der Waals surface area contributed by atoms with Gasteiger partial charge in [-0.15, -0.1) is 0 Å². The summed E-state index contributed by atoms with van der Waals surface area (Å²) in [6.07, 6.45) is 13.6. The highest BCUT2D eigenvalue weighted by Crippen LogP contribution is 2.39. The van der Waals surface area contributed by atoms with Gasteiger partial charge in [0, 0.05) is 30.5 Å². The van der Waals surface area contributed by atoms with Gasteiger partial charge < -0.3 is 9.47 Å². The minimum atomic E-state index is -0.577. The number of allylic oxidation sites excluding steroid dienone is 10. The summed E-state index contributed by atoms with van der Waals surface area (Å²) in [6.45, 7) is 0. The van der Waals surface area contributed by atoms with Crippen molar-refractivity contribution < 1.29 is 18.8 Å². The zero-order valence-electron chi connectivity index (χ0n) is 16.0. The van der Waals surface area contributed by atoms with Gasteiger partial charge in [-0.2, -0.15) is 0 Å². The lowest BCUT2D eigenvalue weighted by atomic mass is 10.0. The highest BCUT2D eigenvalue weighted by Gasteiger charge is 2.18. The minimum Gasteiger partial charge on any atom is -0.496 e. The molecule has 0 aliphatic heterocycles. The van der Waals surface area contributed by atoms with Gasteiger partial charge in [-0.05, 0) is 36.3 Å². The number of nitrogens with zero attached hydrogens (tertiary/aromatic N) is 1. The number of benzene rings is 1. The number of halogens is 3. The second-order valence-electron chi connectivity index (χ2n) is 6.52. The molecule has 8 heteroatoms. The molecule has 0 saturated carbocycles. The van der Waals surface area contributed by atoms with E-state index in [1.54, 1.807) is 13.2 Å². The van der Waals surface area contributed by atoms with E-state index in [1.807, 2.05) is 24.3 Å². The van der Waals surface area contributed by atoms with Crippen LogP contribution in [-0.2, 0) is 4.74 Å². The molecule has 3 rings (SSSR count). The van der Waals surface area contributed by atoms with Gasteiger partial charge in [0.25, 0.3) is 5.69 Å². The summed E-state index contributed by atoms with van der Waals surface area (Å²) in [7, 11) is 1.57. The smallest absolute Gasteiger partial charge is 0.272 e. The monoisotopic (exact) mass is 449 g/mol. The maximum atomic E-state index is 13.5. The van der Waals surface area contributed by atoms with Gasteiger partial charge in [0.05, 0.1) is 22.1 Å². The van der Waals surface area contributed by atoms with Gasteiger partial charge in [-0.3, -0.25) is 10.1 Å². The van der Waals surface area contributed by atoms with Crippen LogP contribution in [-0.4, -0.2) is 12.0 Å². The van der Waals surface area contributed by atoms with Crippen LogP contribution >= 0.6 is 23.2 Å². The summed E-state index contributed by atoms with van der Waals surface area (Å²) >= 11 is 12.3. The lowest BCUT2D eigenvalue weighted by Gasteiger charge is -2.13. The molecule has 0 bridgehead atoms. The van der Waals surface area contributed by atoms with E-state index in [4.69, 9.17) is 32.7 Å². The second kappa shape index (κ2) is 9.78. The maximum Gasteiger partial charge on any atom is 0.272 e. The topological polar surface area (TPSA) is 61.6 Å². The van der Waals surface area contributed by atoms with E-state index >= 15 is 0 Å². The van der Waals surface area contributed by atoms with Gasteiger partial charge in [0.2, 0.25) is 0 Å². The average molecular weight is 450 g/mol. The third-order valence-corrected chi connectivity index (χ3v) is 4.99. The molecule has 156 valence electrons. The van der Waals surface area contributed by atoms with Crippen molar-refractivity contribution in [2.75, 3.05) is 7.11 Å². The van der Waals surface area contributed by atoms with Crippen LogP contribution in [0.4, 0.5) is 10.1 Å². The number of rotatable bonds is 6. The fraction of sp³-hybridized carbons (Fsp3) is 0.182. The number of hydrogen-bond donors (Lipinski definition) is 0. The molecule has 30 heavy (non-hydrogen) atoms. The molecule has 0 spiro atoms. The number of hydrogen-bond acceptors (Lipinski definition) is 4. The van der Waals surface area contributed by atoms with Crippen LogP contribution in [0.2, 0.25) is 10.0 Å². The fourth-order valence-electron chi connectivity index (χ4n) is 3.00. The molecule has 2 aliphatic carbocycles. The Hall–Kier alpha value is -2.83. The highest BCUT2D eigenvalue weighted by molar-refractivity contribution is 6.37. The van der Waals surface area contributed by atoms with Crippen LogP contribution in [0, 0.1) is 10.1 Å². The third-order valence-electron chi connectivity index (χ3n) is 4.43. The number of nitro benzene ring substituents is 1. The molecule has 0 radical (unpaired) electrons. The zero-order chi connectivity index (χ0) is 21.7. The van der Waals surface area contributed by atoms with E-state index in [0.29, 0.717) is 30.8 Å². The van der Waals surface area contributed by atoms with E-state index in [9.17, 15) is 14.5 Å². The Morgan fingerprint density at radius 3 is 2.57 bits per heavy atom. The lowest BCUT2D eigenvalue weighted by Crippen LogP contribution is -1.99. The van der Waals surface area contributed by atoms with Gasteiger partial charge in [0.15, 0.2) is 5.75 Å². The van der Waals surface area contributed by atoms with Gasteiger partial charge in [-0.1, -0.05) is 41.4 Å². The van der Waals surface area contributed by atoms with E-state index in [0.717, 1.165) is 11.1 Å². The van der Waals surface area contributed by atoms with Crippen molar-refractivity contribution in [3.05, 3.63) is 103 Å². The van der Waals surface area contributed by atoms with Crippen molar-refractivity contribution in [3.63, 3.8) is 0 Å². The Balaban J connectivity index is 1.90. The number of non-ortho nitro benzene ring substituents is 1. The van der Waals surface area contributed by atoms with Crippen LogP contribution in [0.25, 0.3) is 0 Å². The van der Waals surface area contributed by atoms with Crippen molar-refractivity contribution in [2.45, 2.75) is 19.3 Å².